The van der Waals surface area contributed by atoms with Crippen LogP contribution in [0.25, 0.3) is 0 Å². The zero-order valence-electron chi connectivity index (χ0n) is 15.9. The molecule has 3 aromatic rings. The van der Waals surface area contributed by atoms with Gasteiger partial charge < -0.3 is 10.1 Å². The standard InChI is InChI=1S/C24H23F2NO2/c25-24(26)29-21-13-11-18(12-14-21)17-23(28)27-16-15-22(19-7-3-1-4-8-19)20-9-5-2-6-10-20/h1-14,22,24H,15-17H2,(H,27,28). The topological polar surface area (TPSA) is 38.3 Å². The highest BCUT2D eigenvalue weighted by atomic mass is 19.3. The minimum Gasteiger partial charge on any atom is -0.435 e. The molecule has 3 rings (SSSR count). The van der Waals surface area contributed by atoms with Gasteiger partial charge in [0.05, 0.1) is 6.42 Å². The van der Waals surface area contributed by atoms with Crippen LogP contribution in [-0.4, -0.2) is 19.1 Å². The molecule has 0 heterocycles. The molecule has 0 aliphatic carbocycles. The number of amides is 1. The predicted octanol–water partition coefficient (Wildman–Crippen LogP) is 5.17. The van der Waals surface area contributed by atoms with Crippen LogP contribution in [0.2, 0.25) is 0 Å². The summed E-state index contributed by atoms with van der Waals surface area (Å²) >= 11 is 0. The molecule has 1 amide bonds. The number of nitrogens with one attached hydrogen (secondary N) is 1. The molecule has 5 heteroatoms. The van der Waals surface area contributed by atoms with Gasteiger partial charge >= 0.3 is 6.61 Å². The van der Waals surface area contributed by atoms with E-state index in [0.29, 0.717) is 6.54 Å². The number of ether oxygens (including phenoxy) is 1. The van der Waals surface area contributed by atoms with E-state index in [1.807, 2.05) is 36.4 Å². The van der Waals surface area contributed by atoms with E-state index in [4.69, 9.17) is 0 Å². The minimum absolute atomic E-state index is 0.0812. The van der Waals surface area contributed by atoms with Gasteiger partial charge in [-0.15, -0.1) is 0 Å². The van der Waals surface area contributed by atoms with Crippen LogP contribution in [0, 0.1) is 0 Å². The van der Waals surface area contributed by atoms with Gasteiger partial charge in [0.1, 0.15) is 5.75 Å². The van der Waals surface area contributed by atoms with Crippen molar-refractivity contribution in [3.05, 3.63) is 102 Å². The zero-order chi connectivity index (χ0) is 20.5. The highest BCUT2D eigenvalue weighted by molar-refractivity contribution is 5.78. The number of alkyl halides is 2. The number of carbonyl (C=O) groups is 1. The molecule has 29 heavy (non-hydrogen) atoms. The van der Waals surface area contributed by atoms with Gasteiger partial charge in [0, 0.05) is 12.5 Å². The Balaban J connectivity index is 1.55. The monoisotopic (exact) mass is 395 g/mol. The molecule has 3 nitrogen and oxygen atoms in total. The lowest BCUT2D eigenvalue weighted by Gasteiger charge is -2.18. The van der Waals surface area contributed by atoms with Crippen molar-refractivity contribution in [2.24, 2.45) is 0 Å². The van der Waals surface area contributed by atoms with Crippen LogP contribution in [0.5, 0.6) is 5.75 Å². The van der Waals surface area contributed by atoms with E-state index in [9.17, 15) is 13.6 Å². The van der Waals surface area contributed by atoms with Crippen molar-refractivity contribution in [3.63, 3.8) is 0 Å². The number of hydrogen-bond acceptors (Lipinski definition) is 2. The first-order valence-electron chi connectivity index (χ1n) is 9.52. The molecule has 1 N–H and O–H groups in total. The fourth-order valence-corrected chi connectivity index (χ4v) is 3.29. The molecule has 3 aromatic carbocycles. The van der Waals surface area contributed by atoms with E-state index in [2.05, 4.69) is 34.3 Å². The van der Waals surface area contributed by atoms with Crippen LogP contribution in [0.3, 0.4) is 0 Å². The summed E-state index contributed by atoms with van der Waals surface area (Å²) in [5, 5.41) is 2.96. The first-order chi connectivity index (χ1) is 14.1. The van der Waals surface area contributed by atoms with E-state index >= 15 is 0 Å². The lowest BCUT2D eigenvalue weighted by Crippen LogP contribution is -2.27. The van der Waals surface area contributed by atoms with Crippen molar-refractivity contribution in [1.29, 1.82) is 0 Å². The molecule has 0 atom stereocenters. The van der Waals surface area contributed by atoms with Gasteiger partial charge in [0.25, 0.3) is 0 Å². The van der Waals surface area contributed by atoms with Gasteiger partial charge in [0.15, 0.2) is 0 Å². The number of halogens is 2. The van der Waals surface area contributed by atoms with Crippen LogP contribution >= 0.6 is 0 Å². The molecule has 0 bridgehead atoms. The molecule has 0 spiro atoms. The lowest BCUT2D eigenvalue weighted by atomic mass is 9.88. The average Bonchev–Trinajstić information content (AvgIpc) is 2.73. The van der Waals surface area contributed by atoms with E-state index in [-0.39, 0.29) is 24.0 Å². The minimum atomic E-state index is -2.86. The molecule has 0 unspecified atom stereocenters. The number of benzene rings is 3. The Hall–Kier alpha value is -3.21. The maximum atomic E-state index is 12.3. The summed E-state index contributed by atoms with van der Waals surface area (Å²) < 4.78 is 28.7. The fraction of sp³-hybridized carbons (Fsp3) is 0.208. The second-order valence-corrected chi connectivity index (χ2v) is 6.71. The number of hydrogen-bond donors (Lipinski definition) is 1. The molecular weight excluding hydrogens is 372 g/mol. The summed E-state index contributed by atoms with van der Waals surface area (Å²) in [6.45, 7) is -2.31. The van der Waals surface area contributed by atoms with Crippen molar-refractivity contribution in [2.45, 2.75) is 25.4 Å². The molecule has 0 saturated carbocycles. The van der Waals surface area contributed by atoms with Crippen molar-refractivity contribution < 1.29 is 18.3 Å². The maximum absolute atomic E-state index is 12.3. The van der Waals surface area contributed by atoms with Gasteiger partial charge in [0.2, 0.25) is 5.91 Å². The summed E-state index contributed by atoms with van der Waals surface area (Å²) in [6, 6.07) is 26.6. The van der Waals surface area contributed by atoms with Crippen LogP contribution in [0.1, 0.15) is 29.0 Å². The first-order valence-corrected chi connectivity index (χ1v) is 9.52. The quantitative estimate of drug-likeness (QED) is 0.543. The molecule has 0 aliphatic heterocycles. The molecular formula is C24H23F2NO2. The van der Waals surface area contributed by atoms with Crippen LogP contribution in [0.4, 0.5) is 8.78 Å². The van der Waals surface area contributed by atoms with Crippen molar-refractivity contribution in [3.8, 4) is 5.75 Å². The second-order valence-electron chi connectivity index (χ2n) is 6.71. The lowest BCUT2D eigenvalue weighted by molar-refractivity contribution is -0.120. The Bertz CT molecular complexity index is 844. The Kier molecular flexibility index (Phi) is 7.34. The van der Waals surface area contributed by atoms with Crippen molar-refractivity contribution >= 4 is 5.91 Å². The SMILES string of the molecule is O=C(Cc1ccc(OC(F)F)cc1)NCCC(c1ccccc1)c1ccccc1. The normalized spacial score (nSPS) is 10.9. The van der Waals surface area contributed by atoms with E-state index in [0.717, 1.165) is 12.0 Å². The zero-order valence-corrected chi connectivity index (χ0v) is 15.9. The Labute approximate surface area is 169 Å². The van der Waals surface area contributed by atoms with Crippen LogP contribution in [-0.2, 0) is 11.2 Å². The molecule has 0 aromatic heterocycles. The number of carbonyl (C=O) groups excluding carboxylic acids is 1. The highest BCUT2D eigenvalue weighted by Crippen LogP contribution is 2.27. The summed E-state index contributed by atoms with van der Waals surface area (Å²) in [5.74, 6) is 0.175. The summed E-state index contributed by atoms with van der Waals surface area (Å²) in [5.41, 5.74) is 3.16. The third-order valence-corrected chi connectivity index (χ3v) is 4.67. The summed E-state index contributed by atoms with van der Waals surface area (Å²) in [4.78, 5) is 12.3. The smallest absolute Gasteiger partial charge is 0.387 e. The van der Waals surface area contributed by atoms with E-state index < -0.39 is 6.61 Å². The third-order valence-electron chi connectivity index (χ3n) is 4.67. The molecule has 0 fully saturated rings. The largest absolute Gasteiger partial charge is 0.435 e. The van der Waals surface area contributed by atoms with E-state index in [1.165, 1.54) is 23.3 Å². The van der Waals surface area contributed by atoms with Gasteiger partial charge in [-0.3, -0.25) is 4.79 Å². The Morgan fingerprint density at radius 2 is 1.38 bits per heavy atom. The number of rotatable bonds is 9. The summed E-state index contributed by atoms with van der Waals surface area (Å²) in [7, 11) is 0. The summed E-state index contributed by atoms with van der Waals surface area (Å²) in [6.07, 6.45) is 0.969. The van der Waals surface area contributed by atoms with Gasteiger partial charge in [-0.1, -0.05) is 72.8 Å². The highest BCUT2D eigenvalue weighted by Gasteiger charge is 2.14. The van der Waals surface area contributed by atoms with Gasteiger partial charge in [-0.05, 0) is 35.2 Å². The average molecular weight is 395 g/mol. The van der Waals surface area contributed by atoms with Crippen LogP contribution in [0.15, 0.2) is 84.9 Å². The van der Waals surface area contributed by atoms with Gasteiger partial charge in [-0.2, -0.15) is 8.78 Å². The van der Waals surface area contributed by atoms with Crippen LogP contribution < -0.4 is 10.1 Å². The molecule has 0 saturated heterocycles. The first kappa shape index (κ1) is 20.5. The maximum Gasteiger partial charge on any atom is 0.387 e. The molecule has 150 valence electrons. The second kappa shape index (κ2) is 10.4. The van der Waals surface area contributed by atoms with Gasteiger partial charge in [-0.25, -0.2) is 0 Å². The third kappa shape index (κ3) is 6.42. The molecule has 0 aliphatic rings. The fourth-order valence-electron chi connectivity index (χ4n) is 3.29. The van der Waals surface area contributed by atoms with Crippen molar-refractivity contribution in [2.75, 3.05) is 6.54 Å². The Morgan fingerprint density at radius 3 is 1.90 bits per heavy atom. The predicted molar refractivity (Wildman–Crippen MR) is 109 cm³/mol. The van der Waals surface area contributed by atoms with Crippen molar-refractivity contribution in [1.82, 2.24) is 5.32 Å². The molecule has 0 radical (unpaired) electrons. The van der Waals surface area contributed by atoms with E-state index in [1.54, 1.807) is 12.1 Å². The Morgan fingerprint density at radius 1 is 0.828 bits per heavy atom.